The normalized spacial score (nSPS) is 16.6. The molecule has 0 aliphatic carbocycles. The number of hydrogen-bond donors (Lipinski definition) is 0. The van der Waals surface area contributed by atoms with Crippen LogP contribution in [-0.2, 0) is 4.43 Å². The minimum absolute atomic E-state index is 0.204. The molecule has 0 bridgehead atoms. The third-order valence-electron chi connectivity index (χ3n) is 8.46. The second-order valence-corrected chi connectivity index (χ2v) is 17.5. The lowest BCUT2D eigenvalue weighted by Gasteiger charge is -2.36. The van der Waals surface area contributed by atoms with E-state index in [4.69, 9.17) is 21.0 Å². The molecule has 0 radical (unpaired) electrons. The van der Waals surface area contributed by atoms with Crippen LogP contribution in [0.4, 0.5) is 5.69 Å². The quantitative estimate of drug-likeness (QED) is 0.285. The first-order valence-electron chi connectivity index (χ1n) is 13.6. The number of benzene rings is 1. The molecule has 4 rings (SSSR count). The Morgan fingerprint density at radius 2 is 1.89 bits per heavy atom. The van der Waals surface area contributed by atoms with Gasteiger partial charge in [0.25, 0.3) is 0 Å². The van der Waals surface area contributed by atoms with Gasteiger partial charge < -0.3 is 14.2 Å². The van der Waals surface area contributed by atoms with Crippen LogP contribution in [0.1, 0.15) is 58.7 Å². The molecule has 0 unspecified atom stereocenters. The zero-order chi connectivity index (χ0) is 27.0. The van der Waals surface area contributed by atoms with E-state index in [1.165, 1.54) is 18.5 Å². The molecule has 2 aromatic heterocycles. The summed E-state index contributed by atoms with van der Waals surface area (Å²) in [5.41, 5.74) is 4.32. The molecule has 1 saturated heterocycles. The fourth-order valence-corrected chi connectivity index (χ4v) is 6.08. The number of rotatable bonds is 8. The largest absolute Gasteiger partial charge is 0.417 e. The number of piperidine rings is 1. The Labute approximate surface area is 229 Å². The minimum Gasteiger partial charge on any atom is -0.417 e. The molecule has 0 N–H and O–H groups in total. The van der Waals surface area contributed by atoms with E-state index in [2.05, 4.69) is 98.3 Å². The zero-order valence-electron chi connectivity index (χ0n) is 23.9. The van der Waals surface area contributed by atoms with Crippen molar-refractivity contribution in [1.29, 1.82) is 0 Å². The third kappa shape index (κ3) is 6.22. The predicted octanol–water partition coefficient (Wildman–Crippen LogP) is 7.10. The van der Waals surface area contributed by atoms with Crippen molar-refractivity contribution >= 4 is 31.1 Å². The van der Waals surface area contributed by atoms with Crippen molar-refractivity contribution in [3.05, 3.63) is 47.6 Å². The lowest BCUT2D eigenvalue weighted by atomic mass is 10.0. The van der Waals surface area contributed by atoms with Gasteiger partial charge in [-0.3, -0.25) is 4.40 Å². The van der Waals surface area contributed by atoms with E-state index in [0.717, 1.165) is 48.7 Å². The molecule has 8 heteroatoms. The van der Waals surface area contributed by atoms with Crippen molar-refractivity contribution < 1.29 is 4.43 Å². The number of fused-ring (bicyclic) bond motifs is 1. The molecule has 3 heterocycles. The second kappa shape index (κ2) is 11.0. The standard InChI is InChI=1S/C29H44ClN5OSi/c1-21(14-17-36-37(7,8)29(2,3)4)28-32-27(25-19-31-26(30)20-35(25)28)22-10-9-11-24(18-22)34-15-12-23(13-16-34)33(5)6/h9-11,18-21,23H,12-17H2,1-8H3/t21-/m0/s1. The van der Waals surface area contributed by atoms with Gasteiger partial charge in [0.05, 0.1) is 17.4 Å². The van der Waals surface area contributed by atoms with Gasteiger partial charge in [0.15, 0.2) is 8.32 Å². The second-order valence-electron chi connectivity index (χ2n) is 12.3. The molecule has 3 aromatic rings. The lowest BCUT2D eigenvalue weighted by Crippen LogP contribution is -2.41. The Kier molecular flexibility index (Phi) is 8.39. The van der Waals surface area contributed by atoms with Crippen molar-refractivity contribution in [3.63, 3.8) is 0 Å². The van der Waals surface area contributed by atoms with Crippen LogP contribution >= 0.6 is 11.6 Å². The number of anilines is 1. The third-order valence-corrected chi connectivity index (χ3v) is 13.2. The van der Waals surface area contributed by atoms with Gasteiger partial charge >= 0.3 is 0 Å². The summed E-state index contributed by atoms with van der Waals surface area (Å²) in [7, 11) is 2.59. The summed E-state index contributed by atoms with van der Waals surface area (Å²) < 4.78 is 8.60. The molecule has 1 fully saturated rings. The summed E-state index contributed by atoms with van der Waals surface area (Å²) in [5.74, 6) is 1.23. The molecular formula is C29H44ClN5OSi. The topological polar surface area (TPSA) is 45.9 Å². The average molecular weight is 542 g/mol. The summed E-state index contributed by atoms with van der Waals surface area (Å²) in [6.45, 7) is 16.6. The van der Waals surface area contributed by atoms with Crippen LogP contribution in [0.15, 0.2) is 36.7 Å². The Morgan fingerprint density at radius 3 is 2.54 bits per heavy atom. The molecule has 202 valence electrons. The van der Waals surface area contributed by atoms with E-state index in [1.807, 2.05) is 12.4 Å². The fourth-order valence-electron chi connectivity index (χ4n) is 4.87. The Morgan fingerprint density at radius 1 is 1.19 bits per heavy atom. The van der Waals surface area contributed by atoms with Gasteiger partial charge in [-0.15, -0.1) is 0 Å². The van der Waals surface area contributed by atoms with E-state index in [0.29, 0.717) is 11.2 Å². The molecule has 0 amide bonds. The molecular weight excluding hydrogens is 498 g/mol. The van der Waals surface area contributed by atoms with Gasteiger partial charge in [-0.25, -0.2) is 9.97 Å². The molecule has 1 aromatic carbocycles. The van der Waals surface area contributed by atoms with E-state index in [1.54, 1.807) is 0 Å². The van der Waals surface area contributed by atoms with Crippen LogP contribution in [0, 0.1) is 0 Å². The molecule has 1 atom stereocenters. The minimum atomic E-state index is -1.78. The smallest absolute Gasteiger partial charge is 0.191 e. The van der Waals surface area contributed by atoms with E-state index in [-0.39, 0.29) is 11.0 Å². The lowest BCUT2D eigenvalue weighted by molar-refractivity contribution is 0.249. The first kappa shape index (κ1) is 28.1. The number of nitrogens with zero attached hydrogens (tertiary/aromatic N) is 5. The number of aromatic nitrogens is 3. The highest BCUT2D eigenvalue weighted by Crippen LogP contribution is 2.37. The number of imidazole rings is 1. The Balaban J connectivity index is 1.58. The first-order chi connectivity index (χ1) is 17.4. The highest BCUT2D eigenvalue weighted by Gasteiger charge is 2.37. The van der Waals surface area contributed by atoms with Gasteiger partial charge in [0, 0.05) is 49.1 Å². The SMILES string of the molecule is C[C@@H](CCO[Si](C)(C)C(C)(C)C)c1nc(-c2cccc(N3CCC(N(C)C)CC3)c2)c2cnc(Cl)cn12. The Bertz CT molecular complexity index is 1210. The molecule has 1 aliphatic rings. The monoisotopic (exact) mass is 541 g/mol. The molecule has 6 nitrogen and oxygen atoms in total. The van der Waals surface area contributed by atoms with Crippen LogP contribution in [-0.4, -0.2) is 67.4 Å². The molecule has 1 aliphatic heterocycles. The van der Waals surface area contributed by atoms with Crippen LogP contribution in [0.3, 0.4) is 0 Å². The summed E-state index contributed by atoms with van der Waals surface area (Å²) in [6.07, 6.45) is 7.02. The first-order valence-corrected chi connectivity index (χ1v) is 16.9. The fraction of sp³-hybridized carbons (Fsp3) is 0.586. The van der Waals surface area contributed by atoms with Crippen molar-refractivity contribution in [2.75, 3.05) is 38.7 Å². The summed E-state index contributed by atoms with van der Waals surface area (Å²) in [6, 6.07) is 9.46. The average Bonchev–Trinajstić information content (AvgIpc) is 3.22. The van der Waals surface area contributed by atoms with Crippen LogP contribution < -0.4 is 4.90 Å². The van der Waals surface area contributed by atoms with Crippen LogP contribution in [0.25, 0.3) is 16.8 Å². The van der Waals surface area contributed by atoms with Crippen molar-refractivity contribution in [2.24, 2.45) is 0 Å². The van der Waals surface area contributed by atoms with Gasteiger partial charge in [-0.05, 0) is 63.6 Å². The molecule has 0 saturated carbocycles. The van der Waals surface area contributed by atoms with Crippen molar-refractivity contribution in [1.82, 2.24) is 19.3 Å². The predicted molar refractivity (Wildman–Crippen MR) is 159 cm³/mol. The van der Waals surface area contributed by atoms with E-state index >= 15 is 0 Å². The summed E-state index contributed by atoms with van der Waals surface area (Å²) in [4.78, 5) is 14.4. The highest BCUT2D eigenvalue weighted by molar-refractivity contribution is 6.74. The maximum absolute atomic E-state index is 6.47. The van der Waals surface area contributed by atoms with Crippen LogP contribution in [0.2, 0.25) is 23.3 Å². The molecule has 0 spiro atoms. The van der Waals surface area contributed by atoms with E-state index in [9.17, 15) is 0 Å². The number of halogens is 1. The van der Waals surface area contributed by atoms with E-state index < -0.39 is 8.32 Å². The number of hydrogen-bond acceptors (Lipinski definition) is 5. The van der Waals surface area contributed by atoms with Gasteiger partial charge in [0.1, 0.15) is 11.0 Å². The zero-order valence-corrected chi connectivity index (χ0v) is 25.6. The summed E-state index contributed by atoms with van der Waals surface area (Å²) >= 11 is 6.34. The highest BCUT2D eigenvalue weighted by atomic mass is 35.5. The van der Waals surface area contributed by atoms with Crippen molar-refractivity contribution in [3.8, 4) is 11.3 Å². The maximum atomic E-state index is 6.47. The van der Waals surface area contributed by atoms with Gasteiger partial charge in [0.2, 0.25) is 0 Å². The van der Waals surface area contributed by atoms with Crippen molar-refractivity contribution in [2.45, 2.75) is 77.0 Å². The molecule has 37 heavy (non-hydrogen) atoms. The van der Waals surface area contributed by atoms with Gasteiger partial charge in [-0.2, -0.15) is 0 Å². The van der Waals surface area contributed by atoms with Crippen LogP contribution in [0.5, 0.6) is 0 Å². The maximum Gasteiger partial charge on any atom is 0.191 e. The van der Waals surface area contributed by atoms with Gasteiger partial charge in [-0.1, -0.05) is 51.4 Å². The Hall–Kier alpha value is -1.93. The summed E-state index contributed by atoms with van der Waals surface area (Å²) in [5, 5.41) is 0.676.